The van der Waals surface area contributed by atoms with E-state index in [2.05, 4.69) is 4.98 Å². The van der Waals surface area contributed by atoms with Gasteiger partial charge in [-0.25, -0.2) is 4.98 Å². The highest BCUT2D eigenvalue weighted by molar-refractivity contribution is 6.10. The number of Topliss-reactive ketones (excluding diaryl/α,β-unsaturated/α-hetero) is 1. The fourth-order valence-corrected chi connectivity index (χ4v) is 2.40. The van der Waals surface area contributed by atoms with Crippen LogP contribution < -0.4 is 4.74 Å². The van der Waals surface area contributed by atoms with E-state index in [1.165, 1.54) is 0 Å². The summed E-state index contributed by atoms with van der Waals surface area (Å²) in [4.78, 5) is 28.4. The lowest BCUT2D eigenvalue weighted by Crippen LogP contribution is -2.32. The zero-order chi connectivity index (χ0) is 13.9. The molecule has 0 saturated carbocycles. The Morgan fingerprint density at radius 2 is 1.95 bits per heavy atom. The van der Waals surface area contributed by atoms with Crippen molar-refractivity contribution in [2.45, 2.75) is 12.8 Å². The molecule has 100 valence electrons. The lowest BCUT2D eigenvalue weighted by molar-refractivity contribution is -0.137. The van der Waals surface area contributed by atoms with E-state index < -0.39 is 11.9 Å². The molecule has 0 radical (unpaired) electrons. The molecule has 1 heterocycles. The number of hydrogen-bond acceptors (Lipinski definition) is 4. The quantitative estimate of drug-likeness (QED) is 0.619. The molecular formula is C16H13NO3. The van der Waals surface area contributed by atoms with Gasteiger partial charge in [0.2, 0.25) is 5.88 Å². The molecule has 0 aliphatic heterocycles. The minimum Gasteiger partial charge on any atom is -0.407 e. The number of carbonyl (C=O) groups is 2. The number of esters is 1. The lowest BCUT2D eigenvalue weighted by atomic mass is 9.83. The second-order valence-corrected chi connectivity index (χ2v) is 4.70. The molecule has 3 rings (SSSR count). The van der Waals surface area contributed by atoms with Crippen molar-refractivity contribution in [3.63, 3.8) is 0 Å². The molecule has 0 amide bonds. The second kappa shape index (κ2) is 5.25. The van der Waals surface area contributed by atoms with Gasteiger partial charge in [-0.05, 0) is 24.5 Å². The predicted molar refractivity (Wildman–Crippen MR) is 72.5 cm³/mol. The maximum atomic E-state index is 12.3. The first-order valence-electron chi connectivity index (χ1n) is 6.50. The smallest absolute Gasteiger partial charge is 0.323 e. The van der Waals surface area contributed by atoms with E-state index in [4.69, 9.17) is 4.74 Å². The van der Waals surface area contributed by atoms with E-state index in [0.717, 1.165) is 5.56 Å². The van der Waals surface area contributed by atoms with Crippen molar-refractivity contribution in [3.05, 3.63) is 59.8 Å². The van der Waals surface area contributed by atoms with Gasteiger partial charge in [-0.2, -0.15) is 0 Å². The van der Waals surface area contributed by atoms with Crippen molar-refractivity contribution in [2.24, 2.45) is 5.92 Å². The summed E-state index contributed by atoms with van der Waals surface area (Å²) in [6.45, 7) is 0. The predicted octanol–water partition coefficient (Wildman–Crippen LogP) is 2.43. The van der Waals surface area contributed by atoms with Crippen LogP contribution in [0.1, 0.15) is 22.3 Å². The molecule has 1 aliphatic carbocycles. The van der Waals surface area contributed by atoms with Crippen molar-refractivity contribution < 1.29 is 14.3 Å². The third-order valence-corrected chi connectivity index (χ3v) is 3.43. The lowest BCUT2D eigenvalue weighted by Gasteiger charge is -2.21. The minimum absolute atomic E-state index is 0.159. The Morgan fingerprint density at radius 3 is 2.75 bits per heavy atom. The van der Waals surface area contributed by atoms with E-state index >= 15 is 0 Å². The average Bonchev–Trinajstić information content (AvgIpc) is 2.49. The Labute approximate surface area is 116 Å². The van der Waals surface area contributed by atoms with Gasteiger partial charge in [-0.15, -0.1) is 0 Å². The van der Waals surface area contributed by atoms with Crippen LogP contribution in [0, 0.1) is 5.92 Å². The number of rotatable bonds is 2. The van der Waals surface area contributed by atoms with Gasteiger partial charge in [0.1, 0.15) is 5.92 Å². The Hall–Kier alpha value is -2.49. The molecule has 0 saturated heterocycles. The zero-order valence-electron chi connectivity index (χ0n) is 10.8. The number of nitrogens with zero attached hydrogens (tertiary/aromatic N) is 1. The fourth-order valence-electron chi connectivity index (χ4n) is 2.40. The van der Waals surface area contributed by atoms with Crippen LogP contribution in [0.3, 0.4) is 0 Å². The van der Waals surface area contributed by atoms with Crippen LogP contribution in [-0.2, 0) is 11.2 Å². The first-order valence-corrected chi connectivity index (χ1v) is 6.50. The van der Waals surface area contributed by atoms with Gasteiger partial charge in [0.05, 0.1) is 0 Å². The molecule has 1 aromatic carbocycles. The SMILES string of the molecule is O=C(Oc1ccccn1)C1CCc2ccccc2C1=O. The number of aryl methyl sites for hydroxylation is 1. The zero-order valence-corrected chi connectivity index (χ0v) is 10.8. The summed E-state index contributed by atoms with van der Waals surface area (Å²) in [7, 11) is 0. The van der Waals surface area contributed by atoms with E-state index in [-0.39, 0.29) is 11.7 Å². The Kier molecular flexibility index (Phi) is 3.29. The van der Waals surface area contributed by atoms with E-state index in [0.29, 0.717) is 18.4 Å². The summed E-state index contributed by atoms with van der Waals surface area (Å²) < 4.78 is 5.17. The number of carbonyl (C=O) groups excluding carboxylic acids is 2. The molecule has 0 bridgehead atoms. The minimum atomic E-state index is -0.730. The molecular weight excluding hydrogens is 254 g/mol. The molecule has 1 aromatic heterocycles. The van der Waals surface area contributed by atoms with Crippen LogP contribution in [0.15, 0.2) is 48.7 Å². The number of benzene rings is 1. The van der Waals surface area contributed by atoms with Crippen LogP contribution in [0.25, 0.3) is 0 Å². The topological polar surface area (TPSA) is 56.3 Å². The molecule has 2 aromatic rings. The molecule has 0 fully saturated rings. The van der Waals surface area contributed by atoms with Gasteiger partial charge in [-0.3, -0.25) is 9.59 Å². The molecule has 1 aliphatic rings. The summed E-state index contributed by atoms with van der Waals surface area (Å²) in [5.41, 5.74) is 1.63. The molecule has 0 N–H and O–H groups in total. The second-order valence-electron chi connectivity index (χ2n) is 4.70. The molecule has 4 heteroatoms. The summed E-state index contributed by atoms with van der Waals surface area (Å²) >= 11 is 0. The molecule has 1 atom stereocenters. The van der Waals surface area contributed by atoms with Crippen molar-refractivity contribution in [3.8, 4) is 5.88 Å². The third kappa shape index (κ3) is 2.32. The van der Waals surface area contributed by atoms with Crippen molar-refractivity contribution in [2.75, 3.05) is 0 Å². The van der Waals surface area contributed by atoms with E-state index in [9.17, 15) is 9.59 Å². The Balaban J connectivity index is 1.79. The molecule has 20 heavy (non-hydrogen) atoms. The largest absolute Gasteiger partial charge is 0.407 e. The van der Waals surface area contributed by atoms with Crippen molar-refractivity contribution in [1.29, 1.82) is 0 Å². The molecule has 1 unspecified atom stereocenters. The highest BCUT2D eigenvalue weighted by atomic mass is 16.5. The fraction of sp³-hybridized carbons (Fsp3) is 0.188. The summed E-state index contributed by atoms with van der Waals surface area (Å²) in [6.07, 6.45) is 2.74. The van der Waals surface area contributed by atoms with Gasteiger partial charge in [0.25, 0.3) is 0 Å². The van der Waals surface area contributed by atoms with E-state index in [1.54, 1.807) is 30.5 Å². The molecule has 4 nitrogen and oxygen atoms in total. The molecule has 0 spiro atoms. The standard InChI is InChI=1S/C16H13NO3/c18-15-12-6-2-1-5-11(12)8-9-13(15)16(19)20-14-7-3-4-10-17-14/h1-7,10,13H,8-9H2. The van der Waals surface area contributed by atoms with Crippen molar-refractivity contribution >= 4 is 11.8 Å². The first kappa shape index (κ1) is 12.5. The van der Waals surface area contributed by atoms with Crippen LogP contribution in [0.4, 0.5) is 0 Å². The number of pyridine rings is 1. The number of aromatic nitrogens is 1. The van der Waals surface area contributed by atoms with Crippen LogP contribution in [-0.4, -0.2) is 16.7 Å². The highest BCUT2D eigenvalue weighted by Crippen LogP contribution is 2.26. The van der Waals surface area contributed by atoms with Crippen LogP contribution >= 0.6 is 0 Å². The first-order chi connectivity index (χ1) is 9.75. The summed E-state index contributed by atoms with van der Waals surface area (Å²) in [6, 6.07) is 12.5. The van der Waals surface area contributed by atoms with Gasteiger partial charge >= 0.3 is 5.97 Å². The highest BCUT2D eigenvalue weighted by Gasteiger charge is 2.34. The van der Waals surface area contributed by atoms with E-state index in [1.807, 2.05) is 18.2 Å². The van der Waals surface area contributed by atoms with Crippen molar-refractivity contribution in [1.82, 2.24) is 4.98 Å². The van der Waals surface area contributed by atoms with Gasteiger partial charge < -0.3 is 4.74 Å². The Morgan fingerprint density at radius 1 is 1.15 bits per heavy atom. The van der Waals surface area contributed by atoms with Crippen LogP contribution in [0.2, 0.25) is 0 Å². The van der Waals surface area contributed by atoms with Gasteiger partial charge in [-0.1, -0.05) is 30.3 Å². The maximum Gasteiger partial charge on any atom is 0.323 e. The van der Waals surface area contributed by atoms with Gasteiger partial charge in [0, 0.05) is 17.8 Å². The summed E-state index contributed by atoms with van der Waals surface area (Å²) in [5, 5.41) is 0. The van der Waals surface area contributed by atoms with Gasteiger partial charge in [0.15, 0.2) is 5.78 Å². The Bertz CT molecular complexity index is 652. The summed E-state index contributed by atoms with van der Waals surface area (Å²) in [5.74, 6) is -1.19. The normalized spacial score (nSPS) is 17.4. The number of ether oxygens (including phenoxy) is 1. The maximum absolute atomic E-state index is 12.3. The number of ketones is 1. The number of hydrogen-bond donors (Lipinski definition) is 0. The number of fused-ring (bicyclic) bond motifs is 1. The average molecular weight is 267 g/mol. The third-order valence-electron chi connectivity index (χ3n) is 3.43. The van der Waals surface area contributed by atoms with Crippen LogP contribution in [0.5, 0.6) is 5.88 Å². The monoisotopic (exact) mass is 267 g/mol.